The van der Waals surface area contributed by atoms with Crippen LogP contribution in [0.5, 0.6) is 0 Å². The van der Waals surface area contributed by atoms with Gasteiger partial charge < -0.3 is 14.6 Å². The topological polar surface area (TPSA) is 47.3 Å². The van der Waals surface area contributed by atoms with E-state index in [-0.39, 0.29) is 6.10 Å². The minimum Gasteiger partial charge on any atom is -0.372 e. The van der Waals surface area contributed by atoms with E-state index in [4.69, 9.17) is 9.26 Å². The van der Waals surface area contributed by atoms with Gasteiger partial charge in [-0.2, -0.15) is 0 Å². The second-order valence-electron chi connectivity index (χ2n) is 4.43. The molecule has 2 aromatic rings. The fourth-order valence-corrected chi connectivity index (χ4v) is 2.52. The van der Waals surface area contributed by atoms with Gasteiger partial charge in [0.15, 0.2) is 0 Å². The molecule has 1 atom stereocenters. The molecule has 0 saturated heterocycles. The summed E-state index contributed by atoms with van der Waals surface area (Å²) in [6, 6.07) is 8.19. The van der Waals surface area contributed by atoms with E-state index in [0.29, 0.717) is 0 Å². The monoisotopic (exact) mass is 244 g/mol. The van der Waals surface area contributed by atoms with Crippen molar-refractivity contribution in [1.82, 2.24) is 10.5 Å². The zero-order chi connectivity index (χ0) is 12.4. The minimum atomic E-state index is 0.130. The number of ether oxygens (including phenoxy) is 1. The summed E-state index contributed by atoms with van der Waals surface area (Å²) >= 11 is 0. The number of nitrogens with one attached hydrogen (secondary N) is 1. The van der Waals surface area contributed by atoms with E-state index < -0.39 is 0 Å². The van der Waals surface area contributed by atoms with Crippen molar-refractivity contribution in [2.24, 2.45) is 0 Å². The van der Waals surface area contributed by atoms with Gasteiger partial charge in [-0.1, -0.05) is 23.4 Å². The Morgan fingerprint density at radius 3 is 3.11 bits per heavy atom. The number of rotatable bonds is 3. The van der Waals surface area contributed by atoms with E-state index in [1.54, 1.807) is 6.26 Å². The average molecular weight is 244 g/mol. The normalized spacial score (nSPS) is 18.6. The summed E-state index contributed by atoms with van der Waals surface area (Å²) in [5.74, 6) is 0. The summed E-state index contributed by atoms with van der Waals surface area (Å²) in [5, 5.41) is 7.21. The van der Waals surface area contributed by atoms with Crippen LogP contribution in [0.25, 0.3) is 11.3 Å². The smallest absolute Gasteiger partial charge is 0.124 e. The Balaban J connectivity index is 2.06. The third kappa shape index (κ3) is 1.94. The van der Waals surface area contributed by atoms with Crippen molar-refractivity contribution in [3.8, 4) is 11.3 Å². The van der Waals surface area contributed by atoms with Crippen molar-refractivity contribution in [1.29, 1.82) is 0 Å². The Kier molecular flexibility index (Phi) is 3.13. The van der Waals surface area contributed by atoms with Crippen molar-refractivity contribution in [2.75, 3.05) is 20.2 Å². The second kappa shape index (κ2) is 4.92. The summed E-state index contributed by atoms with van der Waals surface area (Å²) in [5.41, 5.74) is 4.65. The molecule has 1 N–H and O–H groups in total. The molecule has 0 aliphatic carbocycles. The summed E-state index contributed by atoms with van der Waals surface area (Å²) in [6.45, 7) is 1.59. The van der Waals surface area contributed by atoms with Gasteiger partial charge in [-0.3, -0.25) is 0 Å². The third-order valence-corrected chi connectivity index (χ3v) is 3.33. The molecule has 0 radical (unpaired) electrons. The van der Waals surface area contributed by atoms with Crippen molar-refractivity contribution >= 4 is 0 Å². The fourth-order valence-electron chi connectivity index (χ4n) is 2.52. The molecule has 1 aliphatic rings. The molecule has 18 heavy (non-hydrogen) atoms. The second-order valence-corrected chi connectivity index (χ2v) is 4.43. The van der Waals surface area contributed by atoms with Gasteiger partial charge in [0.25, 0.3) is 0 Å². The van der Waals surface area contributed by atoms with Gasteiger partial charge in [-0.05, 0) is 24.6 Å². The van der Waals surface area contributed by atoms with Gasteiger partial charge in [0.2, 0.25) is 0 Å². The molecule has 0 saturated carbocycles. The molecular weight excluding hydrogens is 228 g/mol. The first-order valence-electron chi connectivity index (χ1n) is 6.19. The number of hydrogen-bond donors (Lipinski definition) is 1. The van der Waals surface area contributed by atoms with E-state index >= 15 is 0 Å². The van der Waals surface area contributed by atoms with Crippen LogP contribution in [0.2, 0.25) is 0 Å². The lowest BCUT2D eigenvalue weighted by atomic mass is 9.91. The first-order valence-corrected chi connectivity index (χ1v) is 6.19. The molecule has 1 aromatic heterocycles. The summed E-state index contributed by atoms with van der Waals surface area (Å²) in [4.78, 5) is 0. The maximum atomic E-state index is 5.81. The third-order valence-electron chi connectivity index (χ3n) is 3.33. The molecule has 2 heterocycles. The van der Waals surface area contributed by atoms with Gasteiger partial charge in [0.05, 0.1) is 12.7 Å². The zero-order valence-electron chi connectivity index (χ0n) is 10.3. The maximum Gasteiger partial charge on any atom is 0.124 e. The molecule has 3 rings (SSSR count). The number of aromatic nitrogens is 1. The Labute approximate surface area is 106 Å². The maximum absolute atomic E-state index is 5.81. The number of nitrogens with zero attached hydrogens (tertiary/aromatic N) is 1. The molecule has 0 bridgehead atoms. The predicted octanol–water partition coefficient (Wildman–Crippen LogP) is 2.17. The molecule has 4 heteroatoms. The van der Waals surface area contributed by atoms with Crippen molar-refractivity contribution in [3.05, 3.63) is 41.7 Å². The van der Waals surface area contributed by atoms with Crippen LogP contribution in [0, 0.1) is 0 Å². The SMILES string of the molecule is CNC[C@@H]1OCCc2c(-c3ccon3)cccc21. The van der Waals surface area contributed by atoms with Crippen LogP contribution in [-0.4, -0.2) is 25.4 Å². The highest BCUT2D eigenvalue weighted by atomic mass is 16.5. The number of hydrogen-bond acceptors (Lipinski definition) is 4. The van der Waals surface area contributed by atoms with Crippen LogP contribution in [0.15, 0.2) is 35.1 Å². The number of likely N-dealkylation sites (N-methyl/N-ethyl adjacent to an activating group) is 1. The number of fused-ring (bicyclic) bond motifs is 1. The highest BCUT2D eigenvalue weighted by molar-refractivity contribution is 5.65. The van der Waals surface area contributed by atoms with E-state index in [1.165, 1.54) is 11.1 Å². The Bertz CT molecular complexity index is 523. The minimum absolute atomic E-state index is 0.130. The quantitative estimate of drug-likeness (QED) is 0.899. The van der Waals surface area contributed by atoms with Gasteiger partial charge in [-0.15, -0.1) is 0 Å². The Morgan fingerprint density at radius 1 is 1.39 bits per heavy atom. The molecule has 0 unspecified atom stereocenters. The van der Waals surface area contributed by atoms with Crippen molar-refractivity contribution < 1.29 is 9.26 Å². The summed E-state index contributed by atoms with van der Waals surface area (Å²) < 4.78 is 10.8. The zero-order valence-corrected chi connectivity index (χ0v) is 10.3. The van der Waals surface area contributed by atoms with Crippen LogP contribution in [0.4, 0.5) is 0 Å². The van der Waals surface area contributed by atoms with Crippen LogP contribution < -0.4 is 5.32 Å². The van der Waals surface area contributed by atoms with E-state index in [0.717, 1.165) is 30.8 Å². The Hall–Kier alpha value is -1.65. The van der Waals surface area contributed by atoms with Crippen LogP contribution >= 0.6 is 0 Å². The Morgan fingerprint density at radius 2 is 2.33 bits per heavy atom. The highest BCUT2D eigenvalue weighted by Crippen LogP contribution is 2.33. The van der Waals surface area contributed by atoms with Gasteiger partial charge in [0, 0.05) is 18.2 Å². The molecule has 0 fully saturated rings. The molecule has 0 amide bonds. The lowest BCUT2D eigenvalue weighted by Crippen LogP contribution is -2.25. The standard InChI is InChI=1S/C14H16N2O2/c1-15-9-14-12-4-2-3-11(10(12)5-7-17-14)13-6-8-18-16-13/h2-4,6,8,14-15H,5,7,9H2,1H3/t14-/m0/s1. The predicted molar refractivity (Wildman–Crippen MR) is 68.3 cm³/mol. The molecular formula is C14H16N2O2. The van der Waals surface area contributed by atoms with Crippen molar-refractivity contribution in [3.63, 3.8) is 0 Å². The highest BCUT2D eigenvalue weighted by Gasteiger charge is 2.23. The first-order chi connectivity index (χ1) is 8.90. The largest absolute Gasteiger partial charge is 0.372 e. The van der Waals surface area contributed by atoms with Crippen molar-refractivity contribution in [2.45, 2.75) is 12.5 Å². The van der Waals surface area contributed by atoms with Crippen LogP contribution in [0.1, 0.15) is 17.2 Å². The molecule has 0 spiro atoms. The lowest BCUT2D eigenvalue weighted by molar-refractivity contribution is 0.0440. The molecule has 1 aromatic carbocycles. The first kappa shape index (κ1) is 11.4. The van der Waals surface area contributed by atoms with Crippen LogP contribution in [-0.2, 0) is 11.2 Å². The van der Waals surface area contributed by atoms with E-state index in [2.05, 4.69) is 28.7 Å². The summed E-state index contributed by atoms with van der Waals surface area (Å²) in [6.07, 6.45) is 2.67. The van der Waals surface area contributed by atoms with Gasteiger partial charge in [0.1, 0.15) is 12.0 Å². The van der Waals surface area contributed by atoms with Gasteiger partial charge in [-0.25, -0.2) is 0 Å². The van der Waals surface area contributed by atoms with Crippen LogP contribution in [0.3, 0.4) is 0 Å². The lowest BCUT2D eigenvalue weighted by Gasteiger charge is -2.27. The average Bonchev–Trinajstić information content (AvgIpc) is 2.93. The molecule has 94 valence electrons. The number of benzene rings is 1. The van der Waals surface area contributed by atoms with E-state index in [1.807, 2.05) is 13.1 Å². The molecule has 1 aliphatic heterocycles. The molecule has 4 nitrogen and oxygen atoms in total. The summed E-state index contributed by atoms with van der Waals surface area (Å²) in [7, 11) is 1.94. The van der Waals surface area contributed by atoms with Gasteiger partial charge >= 0.3 is 0 Å². The fraction of sp³-hybridized carbons (Fsp3) is 0.357. The van der Waals surface area contributed by atoms with E-state index in [9.17, 15) is 0 Å².